The van der Waals surface area contributed by atoms with Crippen molar-refractivity contribution in [3.05, 3.63) is 35.4 Å². The Kier molecular flexibility index (Phi) is 6.45. The summed E-state index contributed by atoms with van der Waals surface area (Å²) in [5.74, 6) is 1.67. The predicted molar refractivity (Wildman–Crippen MR) is 95.8 cm³/mol. The van der Waals surface area contributed by atoms with Gasteiger partial charge in [0.25, 0.3) is 5.91 Å². The minimum absolute atomic E-state index is 0. The molecule has 0 radical (unpaired) electrons. The molecule has 3 rings (SSSR count). The third-order valence-corrected chi connectivity index (χ3v) is 5.38. The molecule has 0 bridgehead atoms. The van der Waals surface area contributed by atoms with Crippen LogP contribution in [0.25, 0.3) is 0 Å². The lowest BCUT2D eigenvalue weighted by Crippen LogP contribution is -2.35. The van der Waals surface area contributed by atoms with Crippen LogP contribution in [-0.2, 0) is 6.54 Å². The molecule has 2 aliphatic rings. The van der Waals surface area contributed by atoms with E-state index in [0.29, 0.717) is 12.5 Å². The van der Waals surface area contributed by atoms with E-state index < -0.39 is 0 Å². The molecule has 0 spiro atoms. The second-order valence-electron chi connectivity index (χ2n) is 6.84. The van der Waals surface area contributed by atoms with E-state index in [0.717, 1.165) is 30.1 Å². The van der Waals surface area contributed by atoms with Crippen LogP contribution in [0.5, 0.6) is 0 Å². The Morgan fingerprint density at radius 1 is 1.09 bits per heavy atom. The summed E-state index contributed by atoms with van der Waals surface area (Å²) in [7, 11) is 2.20. The van der Waals surface area contributed by atoms with E-state index in [1.54, 1.807) is 0 Å². The Bertz CT molecular complexity index is 512. The van der Waals surface area contributed by atoms with Crippen molar-refractivity contribution in [1.82, 2.24) is 9.80 Å². The number of piperidine rings is 1. The van der Waals surface area contributed by atoms with Crippen molar-refractivity contribution in [3.8, 4) is 0 Å². The molecule has 1 aromatic rings. The lowest BCUT2D eigenvalue weighted by Gasteiger charge is -2.32. The summed E-state index contributed by atoms with van der Waals surface area (Å²) in [6, 6.07) is 7.73. The maximum Gasteiger partial charge on any atom is 0.253 e. The van der Waals surface area contributed by atoms with Crippen LogP contribution in [0.15, 0.2) is 24.3 Å². The van der Waals surface area contributed by atoms with Gasteiger partial charge in [-0.25, -0.2) is 0 Å². The van der Waals surface area contributed by atoms with Crippen LogP contribution in [0, 0.1) is 11.8 Å². The van der Waals surface area contributed by atoms with Gasteiger partial charge >= 0.3 is 0 Å². The van der Waals surface area contributed by atoms with Crippen molar-refractivity contribution in [2.45, 2.75) is 25.8 Å². The van der Waals surface area contributed by atoms with Crippen molar-refractivity contribution >= 4 is 18.3 Å². The van der Waals surface area contributed by atoms with Gasteiger partial charge in [0, 0.05) is 25.2 Å². The molecule has 128 valence electrons. The first-order valence-corrected chi connectivity index (χ1v) is 8.44. The lowest BCUT2D eigenvalue weighted by atomic mass is 9.84. The Labute approximate surface area is 145 Å². The van der Waals surface area contributed by atoms with Crippen molar-refractivity contribution < 1.29 is 4.79 Å². The highest BCUT2D eigenvalue weighted by Crippen LogP contribution is 2.32. The Hall–Kier alpha value is -1.10. The molecular formula is C18H28ClN3O. The van der Waals surface area contributed by atoms with Crippen LogP contribution in [0.1, 0.15) is 35.2 Å². The highest BCUT2D eigenvalue weighted by Gasteiger charge is 2.33. The van der Waals surface area contributed by atoms with Crippen molar-refractivity contribution in [1.29, 1.82) is 0 Å². The summed E-state index contributed by atoms with van der Waals surface area (Å²) in [6.07, 6.45) is 3.74. The van der Waals surface area contributed by atoms with Crippen molar-refractivity contribution in [2.24, 2.45) is 17.6 Å². The minimum atomic E-state index is 0. The molecule has 0 aromatic heterocycles. The molecule has 1 aromatic carbocycles. The lowest BCUT2D eigenvalue weighted by molar-refractivity contribution is 0.0776. The maximum atomic E-state index is 12.6. The largest absolute Gasteiger partial charge is 0.338 e. The fraction of sp³-hybridized carbons (Fsp3) is 0.611. The number of nitrogens with two attached hydrogens (primary N) is 1. The van der Waals surface area contributed by atoms with Crippen LogP contribution in [0.2, 0.25) is 0 Å². The quantitative estimate of drug-likeness (QED) is 0.921. The Morgan fingerprint density at radius 2 is 1.70 bits per heavy atom. The average Bonchev–Trinajstić information content (AvgIpc) is 3.05. The molecule has 2 fully saturated rings. The monoisotopic (exact) mass is 337 g/mol. The molecule has 1 unspecified atom stereocenters. The van der Waals surface area contributed by atoms with E-state index >= 15 is 0 Å². The van der Waals surface area contributed by atoms with E-state index in [1.165, 1.54) is 32.4 Å². The van der Waals surface area contributed by atoms with Crippen LogP contribution in [-0.4, -0.2) is 48.9 Å². The molecule has 0 aliphatic carbocycles. The summed E-state index contributed by atoms with van der Waals surface area (Å²) in [6.45, 7) is 4.78. The van der Waals surface area contributed by atoms with Gasteiger partial charge in [-0.05, 0) is 68.9 Å². The van der Waals surface area contributed by atoms with Crippen molar-refractivity contribution in [2.75, 3.05) is 33.2 Å². The molecule has 4 nitrogen and oxygen atoms in total. The second-order valence-corrected chi connectivity index (χ2v) is 6.84. The molecule has 2 saturated heterocycles. The normalized spacial score (nSPS) is 22.9. The molecular weight excluding hydrogens is 310 g/mol. The first-order chi connectivity index (χ1) is 10.7. The zero-order valence-electron chi connectivity index (χ0n) is 13.9. The number of rotatable bonds is 3. The van der Waals surface area contributed by atoms with Crippen LogP contribution >= 0.6 is 12.4 Å². The zero-order chi connectivity index (χ0) is 15.5. The van der Waals surface area contributed by atoms with E-state index in [1.807, 2.05) is 29.2 Å². The fourth-order valence-corrected chi connectivity index (χ4v) is 3.82. The summed E-state index contributed by atoms with van der Waals surface area (Å²) in [5, 5.41) is 0. The average molecular weight is 338 g/mol. The molecule has 2 heterocycles. The first-order valence-electron chi connectivity index (χ1n) is 8.44. The van der Waals surface area contributed by atoms with Gasteiger partial charge in [0.05, 0.1) is 0 Å². The van der Waals surface area contributed by atoms with E-state index in [4.69, 9.17) is 5.73 Å². The topological polar surface area (TPSA) is 49.6 Å². The second kappa shape index (κ2) is 8.13. The number of likely N-dealkylation sites (tertiary alicyclic amines) is 2. The van der Waals surface area contributed by atoms with E-state index in [2.05, 4.69) is 11.9 Å². The predicted octanol–water partition coefficient (Wildman–Crippen LogP) is 2.37. The maximum absolute atomic E-state index is 12.6. The van der Waals surface area contributed by atoms with Gasteiger partial charge in [0.15, 0.2) is 0 Å². The van der Waals surface area contributed by atoms with E-state index in [9.17, 15) is 4.79 Å². The van der Waals surface area contributed by atoms with Gasteiger partial charge in [-0.3, -0.25) is 4.79 Å². The summed E-state index contributed by atoms with van der Waals surface area (Å²) in [4.78, 5) is 17.1. The molecule has 2 aliphatic heterocycles. The smallest absolute Gasteiger partial charge is 0.253 e. The number of carbonyl (C=O) groups is 1. The number of hydrogen-bond donors (Lipinski definition) is 1. The number of benzene rings is 1. The van der Waals surface area contributed by atoms with Crippen LogP contribution in [0.3, 0.4) is 0 Å². The van der Waals surface area contributed by atoms with Gasteiger partial charge < -0.3 is 15.5 Å². The first kappa shape index (κ1) is 18.2. The summed E-state index contributed by atoms with van der Waals surface area (Å²) >= 11 is 0. The standard InChI is InChI=1S/C18H27N3O.ClH/c1-20-9-6-15(7-10-20)17-8-11-21(13-17)18(22)16-4-2-14(12-19)3-5-16;/h2-5,15,17H,6-13,19H2,1H3;1H. The molecule has 23 heavy (non-hydrogen) atoms. The molecule has 5 heteroatoms. The summed E-state index contributed by atoms with van der Waals surface area (Å²) < 4.78 is 0. The van der Waals surface area contributed by atoms with Gasteiger partial charge in [0.1, 0.15) is 0 Å². The summed E-state index contributed by atoms with van der Waals surface area (Å²) in [5.41, 5.74) is 7.47. The molecule has 2 N–H and O–H groups in total. The Balaban J connectivity index is 0.00000192. The highest BCUT2D eigenvalue weighted by atomic mass is 35.5. The molecule has 1 amide bonds. The van der Waals surface area contributed by atoms with Gasteiger partial charge in [-0.15, -0.1) is 12.4 Å². The zero-order valence-corrected chi connectivity index (χ0v) is 14.7. The third-order valence-electron chi connectivity index (χ3n) is 5.38. The van der Waals surface area contributed by atoms with Crippen molar-refractivity contribution in [3.63, 3.8) is 0 Å². The van der Waals surface area contributed by atoms with Crippen LogP contribution < -0.4 is 5.73 Å². The molecule has 1 atom stereocenters. The van der Waals surface area contributed by atoms with Gasteiger partial charge in [0.2, 0.25) is 0 Å². The number of hydrogen-bond acceptors (Lipinski definition) is 3. The Morgan fingerprint density at radius 3 is 2.30 bits per heavy atom. The SMILES string of the molecule is CN1CCC(C2CCN(C(=O)c3ccc(CN)cc3)C2)CC1.Cl. The minimum Gasteiger partial charge on any atom is -0.338 e. The fourth-order valence-electron chi connectivity index (χ4n) is 3.82. The number of nitrogens with zero attached hydrogens (tertiary/aromatic N) is 2. The highest BCUT2D eigenvalue weighted by molar-refractivity contribution is 5.94. The van der Waals surface area contributed by atoms with Gasteiger partial charge in [-0.2, -0.15) is 0 Å². The number of amides is 1. The number of carbonyl (C=O) groups excluding carboxylic acids is 1. The molecule has 0 saturated carbocycles. The van der Waals surface area contributed by atoms with Gasteiger partial charge in [-0.1, -0.05) is 12.1 Å². The third kappa shape index (κ3) is 4.25. The number of halogens is 1. The van der Waals surface area contributed by atoms with E-state index in [-0.39, 0.29) is 18.3 Å². The van der Waals surface area contributed by atoms with Crippen LogP contribution in [0.4, 0.5) is 0 Å².